The van der Waals surface area contributed by atoms with Crippen LogP contribution < -0.4 is 15.4 Å². The molecule has 2 aliphatic rings. The number of alkyl carbamates (subject to hydrolysis) is 2. The molecule has 6 aromatic rings. The second kappa shape index (κ2) is 19.7. The van der Waals surface area contributed by atoms with Gasteiger partial charge in [-0.25, -0.2) is 19.6 Å². The van der Waals surface area contributed by atoms with Crippen molar-refractivity contribution in [2.24, 2.45) is 17.8 Å². The highest BCUT2D eigenvalue weighted by Gasteiger charge is 2.41. The molecule has 16 heteroatoms. The molecule has 66 heavy (non-hydrogen) atoms. The van der Waals surface area contributed by atoms with Crippen molar-refractivity contribution in [2.45, 2.75) is 71.8 Å². The van der Waals surface area contributed by atoms with Crippen LogP contribution >= 0.6 is 0 Å². The van der Waals surface area contributed by atoms with E-state index in [0.717, 1.165) is 61.9 Å². The van der Waals surface area contributed by atoms with Crippen LogP contribution in [-0.2, 0) is 37.0 Å². The van der Waals surface area contributed by atoms with Gasteiger partial charge < -0.3 is 49.3 Å². The van der Waals surface area contributed by atoms with Gasteiger partial charge in [-0.1, -0.05) is 82.6 Å². The molecular formula is C50H58N8O8. The van der Waals surface area contributed by atoms with Crippen LogP contribution in [0, 0.1) is 17.8 Å². The maximum absolute atomic E-state index is 14.3. The quantitative estimate of drug-likeness (QED) is 0.0784. The lowest BCUT2D eigenvalue weighted by atomic mass is 9.92. The van der Waals surface area contributed by atoms with Crippen molar-refractivity contribution in [3.05, 3.63) is 102 Å². The van der Waals surface area contributed by atoms with Crippen LogP contribution in [0.5, 0.6) is 5.75 Å². The zero-order valence-corrected chi connectivity index (χ0v) is 38.5. The molecule has 1 fully saturated rings. The molecule has 346 valence electrons. The highest BCUT2D eigenvalue weighted by atomic mass is 16.5. The van der Waals surface area contributed by atoms with Crippen molar-refractivity contribution >= 4 is 45.8 Å². The zero-order valence-electron chi connectivity index (χ0n) is 38.5. The first-order valence-electron chi connectivity index (χ1n) is 22.5. The first kappa shape index (κ1) is 45.6. The van der Waals surface area contributed by atoms with Gasteiger partial charge in [0.15, 0.2) is 0 Å². The molecule has 4 aromatic carbocycles. The van der Waals surface area contributed by atoms with Crippen LogP contribution in [-0.4, -0.2) is 101 Å². The summed E-state index contributed by atoms with van der Waals surface area (Å²) in [5, 5.41) is 7.38. The van der Waals surface area contributed by atoms with Crippen LogP contribution in [0.4, 0.5) is 9.59 Å². The molecular weight excluding hydrogens is 841 g/mol. The van der Waals surface area contributed by atoms with E-state index in [1.54, 1.807) is 24.1 Å². The van der Waals surface area contributed by atoms with E-state index in [1.807, 2.05) is 62.2 Å². The molecule has 0 radical (unpaired) electrons. The first-order chi connectivity index (χ1) is 31.9. The standard InChI is InChI=1S/C50H58N8O8/c1-8-30(4)43(55-49(61)64-6)48(60)58-24-28(2)18-40(58)46-51-22-39(53-46)33-14-16-35-34(19-33)27-66-41-21-36-32(20-37(35)41)15-17-38-45(36)54-42(52-38)25-57(23-29(3)26-63-5)47(59)44(56-50(62)65-7)31-12-10-9-11-13-31/h9-17,19-22,28-30,40,43-44H,8,18,23-27H2,1-7H3,(H,51,53)(H,52,54)(H,55,61)(H,56,62)/t28-,29-,30-,40-,43-,44+/m0/s1. The Kier molecular flexibility index (Phi) is 13.6. The monoisotopic (exact) mass is 898 g/mol. The average Bonchev–Trinajstić information content (AvgIpc) is 4.09. The molecule has 6 atom stereocenters. The molecule has 2 aromatic heterocycles. The van der Waals surface area contributed by atoms with E-state index in [2.05, 4.69) is 57.9 Å². The Hall–Kier alpha value is -6.94. The van der Waals surface area contributed by atoms with Gasteiger partial charge in [0.1, 0.15) is 36.1 Å². The largest absolute Gasteiger partial charge is 0.488 e. The van der Waals surface area contributed by atoms with Crippen molar-refractivity contribution in [3.63, 3.8) is 0 Å². The highest BCUT2D eigenvalue weighted by Crippen LogP contribution is 2.43. The number of rotatable bonds is 15. The maximum atomic E-state index is 14.3. The number of benzene rings is 4. The van der Waals surface area contributed by atoms with E-state index in [9.17, 15) is 19.2 Å². The SMILES string of the molecule is CC[C@H](C)[C@H](NC(=O)OC)C(=O)N1C[C@@H](C)C[C@H]1c1ncc(-c2ccc3c(c2)COc2cc4c(ccc5[nH]c(CN(C[C@H](C)COC)C(=O)[C@H](NC(=O)OC)c6ccccc6)nc54)cc2-3)[nH]1. The van der Waals surface area contributed by atoms with Crippen molar-refractivity contribution in [1.82, 2.24) is 40.4 Å². The Labute approximate surface area is 383 Å². The Morgan fingerprint density at radius 2 is 1.71 bits per heavy atom. The van der Waals surface area contributed by atoms with Gasteiger partial charge >= 0.3 is 12.2 Å². The molecule has 0 aliphatic carbocycles. The average molecular weight is 899 g/mol. The number of aromatic nitrogens is 4. The smallest absolute Gasteiger partial charge is 0.407 e. The third-order valence-electron chi connectivity index (χ3n) is 12.8. The number of hydrogen-bond acceptors (Lipinski definition) is 10. The second-order valence-corrected chi connectivity index (χ2v) is 17.7. The summed E-state index contributed by atoms with van der Waals surface area (Å²) in [4.78, 5) is 73.3. The van der Waals surface area contributed by atoms with Crippen LogP contribution in [0.2, 0.25) is 0 Å². The number of ether oxygens (including phenoxy) is 4. The molecule has 8 rings (SSSR count). The summed E-state index contributed by atoms with van der Waals surface area (Å²) in [6.45, 7) is 9.96. The van der Waals surface area contributed by atoms with Crippen LogP contribution in [0.1, 0.15) is 75.4 Å². The minimum Gasteiger partial charge on any atom is -0.488 e. The summed E-state index contributed by atoms with van der Waals surface area (Å²) < 4.78 is 21.6. The fraction of sp³-hybridized carbons (Fsp3) is 0.400. The predicted molar refractivity (Wildman–Crippen MR) is 249 cm³/mol. The molecule has 2 aliphatic heterocycles. The van der Waals surface area contributed by atoms with Crippen LogP contribution in [0.3, 0.4) is 0 Å². The Morgan fingerprint density at radius 1 is 0.939 bits per heavy atom. The number of nitrogens with zero attached hydrogens (tertiary/aromatic N) is 4. The fourth-order valence-corrected chi connectivity index (χ4v) is 9.25. The fourth-order valence-electron chi connectivity index (χ4n) is 9.25. The first-order valence-corrected chi connectivity index (χ1v) is 22.5. The number of hydrogen-bond donors (Lipinski definition) is 4. The van der Waals surface area contributed by atoms with Gasteiger partial charge in [0, 0.05) is 31.1 Å². The number of imidazole rings is 2. The number of nitrogens with one attached hydrogen (secondary N) is 4. The molecule has 0 bridgehead atoms. The number of aromatic amines is 2. The topological polar surface area (TPSA) is 193 Å². The van der Waals surface area contributed by atoms with Crippen LogP contribution in [0.25, 0.3) is 44.2 Å². The van der Waals surface area contributed by atoms with Gasteiger partial charge in [0.05, 0.1) is 56.3 Å². The Balaban J connectivity index is 1.04. The minimum absolute atomic E-state index is 0.00555. The summed E-state index contributed by atoms with van der Waals surface area (Å²) in [6, 6.07) is 21.7. The number of methoxy groups -OCH3 is 3. The number of fused-ring (bicyclic) bond motifs is 6. The lowest BCUT2D eigenvalue weighted by molar-refractivity contribution is -0.136. The number of H-pyrrole nitrogens is 2. The molecule has 16 nitrogen and oxygen atoms in total. The number of carbonyl (C=O) groups is 4. The molecule has 4 heterocycles. The summed E-state index contributed by atoms with van der Waals surface area (Å²) in [7, 11) is 4.20. The summed E-state index contributed by atoms with van der Waals surface area (Å²) in [5.74, 6) is 1.75. The number of amides is 4. The van der Waals surface area contributed by atoms with E-state index in [1.165, 1.54) is 14.2 Å². The van der Waals surface area contributed by atoms with Gasteiger partial charge in [0.25, 0.3) is 0 Å². The number of likely N-dealkylation sites (tertiary alicyclic amines) is 1. The molecule has 4 amide bonds. The molecule has 1 saturated heterocycles. The van der Waals surface area contributed by atoms with Gasteiger partial charge in [0.2, 0.25) is 11.8 Å². The Morgan fingerprint density at radius 3 is 2.45 bits per heavy atom. The highest BCUT2D eigenvalue weighted by molar-refractivity contribution is 6.07. The van der Waals surface area contributed by atoms with Gasteiger partial charge in [-0.3, -0.25) is 9.59 Å². The van der Waals surface area contributed by atoms with E-state index >= 15 is 0 Å². The zero-order chi connectivity index (χ0) is 46.6. The van der Waals surface area contributed by atoms with Gasteiger partial charge in [-0.15, -0.1) is 0 Å². The van der Waals surface area contributed by atoms with Gasteiger partial charge in [-0.2, -0.15) is 0 Å². The van der Waals surface area contributed by atoms with Gasteiger partial charge in [-0.05, 0) is 76.1 Å². The van der Waals surface area contributed by atoms with E-state index in [0.29, 0.717) is 49.9 Å². The van der Waals surface area contributed by atoms with Crippen molar-refractivity contribution in [1.29, 1.82) is 0 Å². The third-order valence-corrected chi connectivity index (χ3v) is 12.8. The lowest BCUT2D eigenvalue weighted by Crippen LogP contribution is -2.51. The maximum Gasteiger partial charge on any atom is 0.407 e. The molecule has 0 saturated carbocycles. The van der Waals surface area contributed by atoms with Crippen molar-refractivity contribution < 1.29 is 38.1 Å². The van der Waals surface area contributed by atoms with Crippen molar-refractivity contribution in [3.8, 4) is 28.1 Å². The van der Waals surface area contributed by atoms with E-state index in [4.69, 9.17) is 28.9 Å². The normalized spacial score (nSPS) is 17.2. The predicted octanol–water partition coefficient (Wildman–Crippen LogP) is 8.05. The van der Waals surface area contributed by atoms with E-state index in [-0.39, 0.29) is 42.2 Å². The minimum atomic E-state index is -0.978. The third kappa shape index (κ3) is 9.41. The summed E-state index contributed by atoms with van der Waals surface area (Å²) in [6.07, 6.45) is 1.94. The van der Waals surface area contributed by atoms with Crippen LogP contribution in [0.15, 0.2) is 79.0 Å². The number of carbonyl (C=O) groups excluding carboxylic acids is 4. The molecule has 0 spiro atoms. The van der Waals surface area contributed by atoms with E-state index < -0.39 is 24.3 Å². The molecule has 0 unspecified atom stereocenters. The second-order valence-electron chi connectivity index (χ2n) is 17.7. The molecule has 4 N–H and O–H groups in total. The Bertz CT molecular complexity index is 2740. The lowest BCUT2D eigenvalue weighted by Gasteiger charge is -2.30. The van der Waals surface area contributed by atoms with Crippen molar-refractivity contribution in [2.75, 3.05) is 41.0 Å². The summed E-state index contributed by atoms with van der Waals surface area (Å²) in [5.41, 5.74) is 7.03. The summed E-state index contributed by atoms with van der Waals surface area (Å²) >= 11 is 0.